The zero-order chi connectivity index (χ0) is 60.5. The lowest BCUT2D eigenvalue weighted by molar-refractivity contribution is -0.156. The van der Waals surface area contributed by atoms with E-state index in [0.29, 0.717) is 77.6 Å². The molecular formula is C59H64F3N9O12. The average Bonchev–Trinajstić information content (AvgIpc) is 3.57. The Balaban J connectivity index is 0.000000190. The van der Waals surface area contributed by atoms with E-state index in [1.807, 2.05) is 33.8 Å². The molecule has 0 unspecified atom stereocenters. The van der Waals surface area contributed by atoms with Gasteiger partial charge in [-0.05, 0) is 77.9 Å². The molecule has 3 aliphatic rings. The Kier molecular flexibility index (Phi) is 22.1. The Morgan fingerprint density at radius 2 is 0.855 bits per heavy atom. The van der Waals surface area contributed by atoms with Gasteiger partial charge in [-0.3, -0.25) is 43.7 Å². The molecule has 1 N–H and O–H groups in total. The largest absolute Gasteiger partial charge is 0.488 e. The number of carbonyl (C=O) groups excluding carboxylic acids is 7. The van der Waals surface area contributed by atoms with E-state index < -0.39 is 35.0 Å². The number of nitrogens with one attached hydrogen (secondary N) is 1. The number of amides is 2. The van der Waals surface area contributed by atoms with Crippen LogP contribution < -0.4 is 19.5 Å². The van der Waals surface area contributed by atoms with Gasteiger partial charge in [0.05, 0.1) is 64.0 Å². The fourth-order valence-corrected chi connectivity index (χ4v) is 7.72. The minimum atomic E-state index is -0.562. The van der Waals surface area contributed by atoms with Gasteiger partial charge in [-0.2, -0.15) is 0 Å². The first-order valence-corrected chi connectivity index (χ1v) is 26.2. The highest BCUT2D eigenvalue weighted by atomic mass is 19.1. The van der Waals surface area contributed by atoms with Crippen LogP contribution in [-0.4, -0.2) is 144 Å². The van der Waals surface area contributed by atoms with E-state index in [2.05, 4.69) is 40.0 Å². The maximum Gasteiger partial charge on any atom is 0.410 e. The first kappa shape index (κ1) is 63.1. The number of pyridine rings is 6. The highest BCUT2D eigenvalue weighted by Crippen LogP contribution is 2.24. The second-order valence-electron chi connectivity index (χ2n) is 20.5. The first-order valence-electron chi connectivity index (χ1n) is 26.2. The summed E-state index contributed by atoms with van der Waals surface area (Å²) in [5.74, 6) is -1.32. The summed E-state index contributed by atoms with van der Waals surface area (Å²) < 4.78 is 65.5. The van der Waals surface area contributed by atoms with Gasteiger partial charge < -0.3 is 38.8 Å². The zero-order valence-corrected chi connectivity index (χ0v) is 47.4. The van der Waals surface area contributed by atoms with Gasteiger partial charge in [0.15, 0.2) is 17.3 Å². The van der Waals surface area contributed by atoms with Gasteiger partial charge >= 0.3 is 18.0 Å². The second-order valence-corrected chi connectivity index (χ2v) is 20.5. The number of aryl methyl sites for hydroxylation is 3. The second kappa shape index (κ2) is 29.1. The summed E-state index contributed by atoms with van der Waals surface area (Å²) in [6.07, 6.45) is 2.93. The van der Waals surface area contributed by atoms with Crippen LogP contribution in [0.2, 0.25) is 0 Å². The van der Waals surface area contributed by atoms with Crippen LogP contribution in [0.4, 0.5) is 18.0 Å². The quantitative estimate of drug-likeness (QED) is 0.0610. The van der Waals surface area contributed by atoms with Crippen LogP contribution in [0.3, 0.4) is 0 Å². The van der Waals surface area contributed by atoms with E-state index in [9.17, 15) is 46.7 Å². The fraction of sp³-hybridized carbons (Fsp3) is 0.373. The minimum absolute atomic E-state index is 0.0199. The Hall–Kier alpha value is -9.06. The highest BCUT2D eigenvalue weighted by Gasteiger charge is 2.35. The van der Waals surface area contributed by atoms with Crippen molar-refractivity contribution in [2.75, 3.05) is 39.3 Å². The van der Waals surface area contributed by atoms with E-state index in [4.69, 9.17) is 18.9 Å². The molecule has 2 amide bonds. The molecule has 6 aromatic rings. The first-order chi connectivity index (χ1) is 39.2. The summed E-state index contributed by atoms with van der Waals surface area (Å²) in [5.41, 5.74) is 3.83. The van der Waals surface area contributed by atoms with Gasteiger partial charge in [0.1, 0.15) is 75.7 Å². The maximum atomic E-state index is 13.0. The highest BCUT2D eigenvalue weighted by molar-refractivity contribution is 5.97. The lowest BCUT2D eigenvalue weighted by Crippen LogP contribution is -2.57. The number of likely N-dealkylation sites (tertiary alicyclic amines) is 2. The van der Waals surface area contributed by atoms with Crippen LogP contribution in [0.1, 0.15) is 107 Å². The average molecular weight is 1150 g/mol. The van der Waals surface area contributed by atoms with E-state index in [0.717, 1.165) is 37.4 Å². The van der Waals surface area contributed by atoms with Crippen LogP contribution in [0.15, 0.2) is 91.4 Å². The van der Waals surface area contributed by atoms with Crippen LogP contribution in [0.25, 0.3) is 0 Å². The molecule has 0 aromatic carbocycles. The SMILES string of the molecule is CC(=O)N1CC(Oc2cc(C)nc(C(=O)Cc3ccc(F)cn3)c2)C1.CC(=O)OC(C)=O.Cc1cc(OC2CN(C(=O)OC(C)(C)C)C2)cc(C(=O)Cc2ccc(F)cn2)n1.Cc1cc(OC2CNC2)cc(C(=O)Cc2ccc(F)cn2)n1. The normalized spacial score (nSPS) is 13.7. The van der Waals surface area contributed by atoms with E-state index >= 15 is 0 Å². The fourth-order valence-electron chi connectivity index (χ4n) is 7.72. The van der Waals surface area contributed by atoms with Gasteiger partial charge in [0.2, 0.25) is 5.91 Å². The molecular weight excluding hydrogens is 1080 g/mol. The van der Waals surface area contributed by atoms with E-state index in [-0.39, 0.29) is 78.3 Å². The van der Waals surface area contributed by atoms with Crippen molar-refractivity contribution in [1.82, 2.24) is 45.0 Å². The van der Waals surface area contributed by atoms with Crippen LogP contribution in [0.5, 0.6) is 17.2 Å². The molecule has 3 fully saturated rings. The van der Waals surface area contributed by atoms with Crippen molar-refractivity contribution in [1.29, 1.82) is 0 Å². The number of hydrogen-bond acceptors (Lipinski definition) is 19. The molecule has 3 aliphatic heterocycles. The lowest BCUT2D eigenvalue weighted by Gasteiger charge is -2.39. The van der Waals surface area contributed by atoms with Crippen molar-refractivity contribution in [2.45, 2.75) is 105 Å². The van der Waals surface area contributed by atoms with Crippen molar-refractivity contribution in [3.63, 3.8) is 0 Å². The third-order valence-electron chi connectivity index (χ3n) is 11.8. The van der Waals surface area contributed by atoms with Gasteiger partial charge in [-0.1, -0.05) is 0 Å². The molecule has 9 rings (SSSR count). The Morgan fingerprint density at radius 3 is 1.12 bits per heavy atom. The molecule has 0 spiro atoms. The van der Waals surface area contributed by atoms with Gasteiger partial charge in [-0.15, -0.1) is 0 Å². The number of hydrogen-bond donors (Lipinski definition) is 1. The van der Waals surface area contributed by atoms with Gasteiger partial charge in [0, 0.05) is 104 Å². The maximum absolute atomic E-state index is 13.0. The van der Waals surface area contributed by atoms with Crippen molar-refractivity contribution >= 4 is 41.3 Å². The summed E-state index contributed by atoms with van der Waals surface area (Å²) in [6, 6.07) is 18.4. The predicted molar refractivity (Wildman–Crippen MR) is 292 cm³/mol. The lowest BCUT2D eigenvalue weighted by atomic mass is 10.1. The number of ether oxygens (including phenoxy) is 5. The van der Waals surface area contributed by atoms with Crippen LogP contribution in [-0.2, 0) is 43.1 Å². The molecule has 0 radical (unpaired) electrons. The van der Waals surface area contributed by atoms with Crippen LogP contribution >= 0.6 is 0 Å². The number of rotatable bonds is 15. The van der Waals surface area contributed by atoms with Crippen LogP contribution in [0, 0.1) is 38.2 Å². The monoisotopic (exact) mass is 1150 g/mol. The smallest absolute Gasteiger partial charge is 0.410 e. The molecule has 0 saturated carbocycles. The molecule has 438 valence electrons. The third kappa shape index (κ3) is 21.1. The number of esters is 2. The van der Waals surface area contributed by atoms with Crippen molar-refractivity contribution in [2.24, 2.45) is 0 Å². The summed E-state index contributed by atoms with van der Waals surface area (Å²) in [5, 5.41) is 3.12. The Bertz CT molecular complexity index is 3260. The molecule has 0 aliphatic carbocycles. The summed E-state index contributed by atoms with van der Waals surface area (Å²) in [7, 11) is 0. The molecule has 83 heavy (non-hydrogen) atoms. The molecule has 0 atom stereocenters. The summed E-state index contributed by atoms with van der Waals surface area (Å²) >= 11 is 0. The standard InChI is InChI=1S/C21H24FN3O4.C18H18FN3O3.C16H16FN3O2.C4H6O3/c1-13-7-16(28-17-11-25(12-17)20(27)29-21(2,3)4)9-18(24-13)19(26)8-15-6-5-14(22)10-23-15;1-11-5-15(25-16-9-22(10-16)12(2)23)7-17(21-11)18(24)6-14-4-3-13(19)8-20-14;1-10-4-13(22-14-8-18-9-14)6-15(20-10)16(21)5-12-3-2-11(17)7-19-12;1-3(5)7-4(2)6/h5-7,9-10,17H,8,11-12H2,1-4H3;3-5,7-8,16H,6,9-10H2,1-2H3;2-4,6-7,14,18H,5,8-9H2,1H3;1-2H3. The summed E-state index contributed by atoms with van der Waals surface area (Å²) in [4.78, 5) is 108. The van der Waals surface area contributed by atoms with E-state index in [1.165, 1.54) is 57.2 Å². The molecule has 0 bridgehead atoms. The topological polar surface area (TPSA) is 261 Å². The molecule has 6 aromatic heterocycles. The zero-order valence-electron chi connectivity index (χ0n) is 47.4. The molecule has 3 saturated heterocycles. The minimum Gasteiger partial charge on any atom is -0.488 e. The molecule has 21 nitrogen and oxygen atoms in total. The number of carbonyl (C=O) groups is 7. The van der Waals surface area contributed by atoms with E-state index in [1.54, 1.807) is 54.0 Å². The third-order valence-corrected chi connectivity index (χ3v) is 11.8. The van der Waals surface area contributed by atoms with Gasteiger partial charge in [-0.25, -0.2) is 32.9 Å². The number of aromatic nitrogens is 6. The van der Waals surface area contributed by atoms with Crippen molar-refractivity contribution in [3.05, 3.63) is 160 Å². The van der Waals surface area contributed by atoms with Crippen molar-refractivity contribution < 1.29 is 70.4 Å². The molecule has 9 heterocycles. The number of Topliss-reactive ketones (excluding diaryl/α,β-unsaturated/α-hetero) is 3. The molecule has 24 heteroatoms. The Morgan fingerprint density at radius 1 is 0.518 bits per heavy atom. The number of ketones is 3. The number of halogens is 3. The Labute approximate surface area is 477 Å². The predicted octanol–water partition coefficient (Wildman–Crippen LogP) is 7.10. The van der Waals surface area contributed by atoms with Crippen molar-refractivity contribution in [3.8, 4) is 17.2 Å². The summed E-state index contributed by atoms with van der Waals surface area (Å²) in [6.45, 7) is 18.2. The number of nitrogens with zero attached hydrogens (tertiary/aromatic N) is 8. The van der Waals surface area contributed by atoms with Gasteiger partial charge in [0.25, 0.3) is 0 Å².